The maximum absolute atomic E-state index is 12.8. The van der Waals surface area contributed by atoms with Crippen LogP contribution in [0.25, 0.3) is 0 Å². The third-order valence-electron chi connectivity index (χ3n) is 6.45. The van der Waals surface area contributed by atoms with Crippen LogP contribution in [0.5, 0.6) is 0 Å². The van der Waals surface area contributed by atoms with Gasteiger partial charge in [-0.2, -0.15) is 0 Å². The van der Waals surface area contributed by atoms with E-state index in [4.69, 9.17) is 0 Å². The highest BCUT2D eigenvalue weighted by Gasteiger charge is 2.29. The van der Waals surface area contributed by atoms with E-state index in [9.17, 15) is 9.59 Å². The molecule has 1 aromatic heterocycles. The second kappa shape index (κ2) is 8.98. The highest BCUT2D eigenvalue weighted by Crippen LogP contribution is 2.28. The van der Waals surface area contributed by atoms with Crippen LogP contribution in [0.15, 0.2) is 18.2 Å². The Bertz CT molecular complexity index is 936. The highest BCUT2D eigenvalue weighted by molar-refractivity contribution is 5.96. The molecule has 0 aliphatic carbocycles. The standard InChI is InChI=1S/C23H31N5O2/c1-16-9-10-18(13-17(16)2)23(30)24-14-21(29)27-11-6-7-19(15-27)22-26-25-20-8-4-3-5-12-28(20)22/h9-10,13,19H,3-8,11-12,14-15H2,1-2H3,(H,24,30)/t19-/m1/s1. The molecule has 2 amide bonds. The van der Waals surface area contributed by atoms with Crippen molar-refractivity contribution < 1.29 is 9.59 Å². The van der Waals surface area contributed by atoms with Crippen LogP contribution in [-0.2, 0) is 17.8 Å². The molecule has 4 rings (SSSR count). The smallest absolute Gasteiger partial charge is 0.251 e. The number of carbonyl (C=O) groups excluding carboxylic acids is 2. The van der Waals surface area contributed by atoms with Crippen LogP contribution >= 0.6 is 0 Å². The molecule has 0 bridgehead atoms. The van der Waals surface area contributed by atoms with Crippen molar-refractivity contribution in [3.05, 3.63) is 46.5 Å². The lowest BCUT2D eigenvalue weighted by Crippen LogP contribution is -2.45. The molecule has 0 saturated carbocycles. The molecule has 1 aromatic carbocycles. The van der Waals surface area contributed by atoms with E-state index in [2.05, 4.69) is 20.1 Å². The number of fused-ring (bicyclic) bond motifs is 1. The normalized spacial score (nSPS) is 19.1. The molecule has 0 radical (unpaired) electrons. The second-order valence-corrected chi connectivity index (χ2v) is 8.60. The van der Waals surface area contributed by atoms with E-state index in [1.54, 1.807) is 6.07 Å². The lowest BCUT2D eigenvalue weighted by molar-refractivity contribution is -0.131. The highest BCUT2D eigenvalue weighted by atomic mass is 16.2. The molecule has 0 unspecified atom stereocenters. The zero-order valence-electron chi connectivity index (χ0n) is 18.0. The Morgan fingerprint density at radius 1 is 1.07 bits per heavy atom. The fraction of sp³-hybridized carbons (Fsp3) is 0.565. The quantitative estimate of drug-likeness (QED) is 0.842. The summed E-state index contributed by atoms with van der Waals surface area (Å²) >= 11 is 0. The van der Waals surface area contributed by atoms with Crippen molar-refractivity contribution in [2.24, 2.45) is 0 Å². The molecule has 2 aromatic rings. The van der Waals surface area contributed by atoms with Gasteiger partial charge in [-0.05, 0) is 62.8 Å². The lowest BCUT2D eigenvalue weighted by Gasteiger charge is -2.32. The van der Waals surface area contributed by atoms with E-state index in [0.717, 1.165) is 61.5 Å². The summed E-state index contributed by atoms with van der Waals surface area (Å²) in [5.74, 6) is 2.10. The maximum Gasteiger partial charge on any atom is 0.251 e. The van der Waals surface area contributed by atoms with E-state index >= 15 is 0 Å². The Balaban J connectivity index is 1.36. The molecule has 1 N–H and O–H groups in total. The van der Waals surface area contributed by atoms with Gasteiger partial charge in [-0.1, -0.05) is 12.5 Å². The van der Waals surface area contributed by atoms with Crippen molar-refractivity contribution in [3.63, 3.8) is 0 Å². The van der Waals surface area contributed by atoms with E-state index in [-0.39, 0.29) is 24.3 Å². The van der Waals surface area contributed by atoms with Gasteiger partial charge in [0.2, 0.25) is 5.91 Å². The summed E-state index contributed by atoms with van der Waals surface area (Å²) in [5, 5.41) is 11.7. The average molecular weight is 410 g/mol. The molecule has 2 aliphatic heterocycles. The van der Waals surface area contributed by atoms with E-state index in [0.29, 0.717) is 12.1 Å². The Morgan fingerprint density at radius 3 is 2.77 bits per heavy atom. The Labute approximate surface area is 177 Å². The van der Waals surface area contributed by atoms with Gasteiger partial charge in [-0.25, -0.2) is 0 Å². The molecule has 30 heavy (non-hydrogen) atoms. The Kier molecular flexibility index (Phi) is 6.16. The first kappa shape index (κ1) is 20.6. The minimum atomic E-state index is -0.206. The lowest BCUT2D eigenvalue weighted by atomic mass is 9.97. The number of aromatic nitrogens is 3. The van der Waals surface area contributed by atoms with E-state index in [1.165, 1.54) is 12.8 Å². The number of hydrogen-bond donors (Lipinski definition) is 1. The predicted octanol–water partition coefficient (Wildman–Crippen LogP) is 2.76. The van der Waals surface area contributed by atoms with Crippen LogP contribution in [-0.4, -0.2) is 51.1 Å². The predicted molar refractivity (Wildman–Crippen MR) is 114 cm³/mol. The molecule has 2 aliphatic rings. The number of nitrogens with zero attached hydrogens (tertiary/aromatic N) is 4. The molecule has 1 fully saturated rings. The number of rotatable bonds is 4. The van der Waals surface area contributed by atoms with Crippen LogP contribution in [0, 0.1) is 13.8 Å². The van der Waals surface area contributed by atoms with Crippen molar-refractivity contribution >= 4 is 11.8 Å². The van der Waals surface area contributed by atoms with Crippen molar-refractivity contribution in [1.82, 2.24) is 25.0 Å². The van der Waals surface area contributed by atoms with Gasteiger partial charge in [0.15, 0.2) is 0 Å². The first-order valence-corrected chi connectivity index (χ1v) is 11.1. The number of hydrogen-bond acceptors (Lipinski definition) is 4. The van der Waals surface area contributed by atoms with E-state index < -0.39 is 0 Å². The fourth-order valence-electron chi connectivity index (χ4n) is 4.48. The summed E-state index contributed by atoms with van der Waals surface area (Å²) in [4.78, 5) is 27.1. The van der Waals surface area contributed by atoms with Crippen LogP contribution in [0.1, 0.15) is 71.2 Å². The number of benzene rings is 1. The third kappa shape index (κ3) is 4.40. The first-order valence-electron chi connectivity index (χ1n) is 11.1. The zero-order chi connectivity index (χ0) is 21.1. The second-order valence-electron chi connectivity index (χ2n) is 8.60. The van der Waals surface area contributed by atoms with Gasteiger partial charge in [-0.15, -0.1) is 10.2 Å². The molecular weight excluding hydrogens is 378 g/mol. The van der Waals surface area contributed by atoms with Gasteiger partial charge >= 0.3 is 0 Å². The van der Waals surface area contributed by atoms with Gasteiger partial charge in [0, 0.05) is 37.5 Å². The molecule has 160 valence electrons. The van der Waals surface area contributed by atoms with Crippen LogP contribution in [0.3, 0.4) is 0 Å². The summed E-state index contributed by atoms with van der Waals surface area (Å²) in [7, 11) is 0. The van der Waals surface area contributed by atoms with Gasteiger partial charge in [0.25, 0.3) is 5.91 Å². The summed E-state index contributed by atoms with van der Waals surface area (Å²) in [6.45, 7) is 6.38. The molecule has 1 atom stereocenters. The van der Waals surface area contributed by atoms with Crippen LogP contribution < -0.4 is 5.32 Å². The summed E-state index contributed by atoms with van der Waals surface area (Å²) < 4.78 is 2.28. The molecule has 0 spiro atoms. The largest absolute Gasteiger partial charge is 0.343 e. The number of piperidine rings is 1. The molecule has 7 nitrogen and oxygen atoms in total. The zero-order valence-corrected chi connectivity index (χ0v) is 18.0. The number of amides is 2. The van der Waals surface area contributed by atoms with Crippen LogP contribution in [0.2, 0.25) is 0 Å². The van der Waals surface area contributed by atoms with Crippen molar-refractivity contribution in [2.45, 2.75) is 64.8 Å². The maximum atomic E-state index is 12.8. The molecule has 1 saturated heterocycles. The first-order chi connectivity index (χ1) is 14.5. The summed E-state index contributed by atoms with van der Waals surface area (Å²) in [6, 6.07) is 5.60. The van der Waals surface area contributed by atoms with Crippen LogP contribution in [0.4, 0.5) is 0 Å². The van der Waals surface area contributed by atoms with Gasteiger partial charge in [0.05, 0.1) is 6.54 Å². The Morgan fingerprint density at radius 2 is 1.93 bits per heavy atom. The Hall–Kier alpha value is -2.70. The van der Waals surface area contributed by atoms with Crippen molar-refractivity contribution in [2.75, 3.05) is 19.6 Å². The number of carbonyl (C=O) groups is 2. The summed E-state index contributed by atoms with van der Waals surface area (Å²) in [6.07, 6.45) is 6.54. The van der Waals surface area contributed by atoms with Crippen molar-refractivity contribution in [3.8, 4) is 0 Å². The van der Waals surface area contributed by atoms with Gasteiger partial charge < -0.3 is 14.8 Å². The minimum absolute atomic E-state index is 0.0242. The molecule has 7 heteroatoms. The number of aryl methyl sites for hydroxylation is 3. The average Bonchev–Trinajstić information content (AvgIpc) is 3.02. The SMILES string of the molecule is Cc1ccc(C(=O)NCC(=O)N2CCC[C@@H](c3nnc4n3CCCCC4)C2)cc1C. The topological polar surface area (TPSA) is 80.1 Å². The monoisotopic (exact) mass is 409 g/mol. The molecular formula is C23H31N5O2. The van der Waals surface area contributed by atoms with Crippen molar-refractivity contribution in [1.29, 1.82) is 0 Å². The molecule has 3 heterocycles. The minimum Gasteiger partial charge on any atom is -0.343 e. The summed E-state index contributed by atoms with van der Waals surface area (Å²) in [5.41, 5.74) is 2.81. The van der Waals surface area contributed by atoms with E-state index in [1.807, 2.05) is 30.9 Å². The van der Waals surface area contributed by atoms with Gasteiger partial charge in [-0.3, -0.25) is 9.59 Å². The number of nitrogens with one attached hydrogen (secondary N) is 1. The third-order valence-corrected chi connectivity index (χ3v) is 6.45. The number of likely N-dealkylation sites (tertiary alicyclic amines) is 1. The van der Waals surface area contributed by atoms with Gasteiger partial charge in [0.1, 0.15) is 11.6 Å². The fourth-order valence-corrected chi connectivity index (χ4v) is 4.48.